The summed E-state index contributed by atoms with van der Waals surface area (Å²) in [6, 6.07) is 1.36. The molecule has 0 aromatic carbocycles. The fourth-order valence-corrected chi connectivity index (χ4v) is 1.47. The highest BCUT2D eigenvalue weighted by Gasteiger charge is 2.18. The molecule has 84 valence electrons. The van der Waals surface area contributed by atoms with Crippen LogP contribution in [0.4, 0.5) is 5.82 Å². The van der Waals surface area contributed by atoms with Crippen LogP contribution in [0, 0.1) is 0 Å². The summed E-state index contributed by atoms with van der Waals surface area (Å²) >= 11 is 0. The Kier molecular flexibility index (Phi) is 2.67. The molecule has 0 bridgehead atoms. The number of nitrogens with one attached hydrogen (secondary N) is 1. The Morgan fingerprint density at radius 1 is 1.50 bits per heavy atom. The van der Waals surface area contributed by atoms with Crippen LogP contribution >= 0.6 is 0 Å². The van der Waals surface area contributed by atoms with E-state index in [1.807, 2.05) is 0 Å². The van der Waals surface area contributed by atoms with Gasteiger partial charge in [-0.2, -0.15) is 0 Å². The fourth-order valence-electron chi connectivity index (χ4n) is 1.47. The summed E-state index contributed by atoms with van der Waals surface area (Å²) in [5.41, 5.74) is -0.0732. The maximum atomic E-state index is 11.2. The smallest absolute Gasteiger partial charge is 0.354 e. The van der Waals surface area contributed by atoms with Crippen LogP contribution < -0.4 is 10.2 Å². The first kappa shape index (κ1) is 10.3. The lowest BCUT2D eigenvalue weighted by Gasteiger charge is -2.27. The molecule has 7 heteroatoms. The van der Waals surface area contributed by atoms with Gasteiger partial charge >= 0.3 is 5.97 Å². The lowest BCUT2D eigenvalue weighted by molar-refractivity contribution is -0.120. The zero-order valence-electron chi connectivity index (χ0n) is 8.38. The minimum Gasteiger partial charge on any atom is -0.477 e. The molecule has 16 heavy (non-hydrogen) atoms. The van der Waals surface area contributed by atoms with Gasteiger partial charge in [0.2, 0.25) is 5.91 Å². The van der Waals surface area contributed by atoms with E-state index >= 15 is 0 Å². The summed E-state index contributed by atoms with van der Waals surface area (Å²) in [5.74, 6) is -0.742. The van der Waals surface area contributed by atoms with Crippen molar-refractivity contribution in [1.82, 2.24) is 15.3 Å². The van der Waals surface area contributed by atoms with Gasteiger partial charge in [0.25, 0.3) is 0 Å². The lowest BCUT2D eigenvalue weighted by Crippen LogP contribution is -2.48. The normalized spacial score (nSPS) is 15.8. The molecule has 1 amide bonds. The van der Waals surface area contributed by atoms with Gasteiger partial charge in [-0.05, 0) is 0 Å². The van der Waals surface area contributed by atoms with Gasteiger partial charge in [-0.3, -0.25) is 4.79 Å². The van der Waals surface area contributed by atoms with Crippen LogP contribution in [0.15, 0.2) is 12.4 Å². The molecular weight excluding hydrogens is 212 g/mol. The summed E-state index contributed by atoms with van der Waals surface area (Å²) < 4.78 is 0. The Bertz CT molecular complexity index is 435. The lowest BCUT2D eigenvalue weighted by atomic mass is 10.3. The quantitative estimate of drug-likeness (QED) is 0.674. The van der Waals surface area contributed by atoms with Crippen LogP contribution in [-0.2, 0) is 4.79 Å². The van der Waals surface area contributed by atoms with Crippen LogP contribution in [0.2, 0.25) is 0 Å². The number of nitrogens with zero attached hydrogens (tertiary/aromatic N) is 3. The second-order valence-corrected chi connectivity index (χ2v) is 3.34. The second kappa shape index (κ2) is 4.13. The highest BCUT2D eigenvalue weighted by molar-refractivity contribution is 5.87. The van der Waals surface area contributed by atoms with Crippen LogP contribution in [0.5, 0.6) is 0 Å². The molecule has 1 aromatic rings. The molecule has 2 heterocycles. The minimum absolute atomic E-state index is 0.0732. The maximum Gasteiger partial charge on any atom is 0.354 e. The number of carboxylic acid groups (broad SMARTS) is 1. The van der Waals surface area contributed by atoms with Gasteiger partial charge in [0.1, 0.15) is 12.1 Å². The highest BCUT2D eigenvalue weighted by atomic mass is 16.4. The number of carbonyl (C=O) groups excluding carboxylic acids is 1. The van der Waals surface area contributed by atoms with E-state index in [2.05, 4.69) is 15.3 Å². The number of hydrogen-bond acceptors (Lipinski definition) is 5. The van der Waals surface area contributed by atoms with Crippen molar-refractivity contribution in [2.75, 3.05) is 24.5 Å². The van der Waals surface area contributed by atoms with Gasteiger partial charge in [-0.25, -0.2) is 14.8 Å². The Hall–Kier alpha value is -2.18. The summed E-state index contributed by atoms with van der Waals surface area (Å²) in [5, 5.41) is 11.5. The summed E-state index contributed by atoms with van der Waals surface area (Å²) in [4.78, 5) is 31.1. The number of anilines is 1. The first-order valence-corrected chi connectivity index (χ1v) is 4.74. The molecule has 1 aromatic heterocycles. The molecule has 0 spiro atoms. The molecule has 0 atom stereocenters. The average Bonchev–Trinajstić information content (AvgIpc) is 2.29. The Labute approximate surface area is 91.1 Å². The maximum absolute atomic E-state index is 11.2. The number of amides is 1. The number of rotatable bonds is 2. The summed E-state index contributed by atoms with van der Waals surface area (Å²) in [6.07, 6.45) is 1.19. The Morgan fingerprint density at radius 2 is 2.31 bits per heavy atom. The summed E-state index contributed by atoms with van der Waals surface area (Å²) in [7, 11) is 0. The molecule has 2 N–H and O–H groups in total. The molecule has 0 aliphatic carbocycles. The molecule has 1 fully saturated rings. The monoisotopic (exact) mass is 222 g/mol. The van der Waals surface area contributed by atoms with Crippen molar-refractivity contribution in [2.45, 2.75) is 0 Å². The molecule has 0 radical (unpaired) electrons. The zero-order chi connectivity index (χ0) is 11.5. The molecule has 2 rings (SSSR count). The van der Waals surface area contributed by atoms with Gasteiger partial charge in [0.15, 0.2) is 5.69 Å². The molecule has 0 saturated carbocycles. The Morgan fingerprint density at radius 3 is 3.00 bits per heavy atom. The number of hydrogen-bond donors (Lipinski definition) is 2. The van der Waals surface area contributed by atoms with Crippen molar-refractivity contribution < 1.29 is 14.7 Å². The number of carboxylic acids is 1. The van der Waals surface area contributed by atoms with E-state index in [0.29, 0.717) is 18.9 Å². The third kappa shape index (κ3) is 2.08. The average molecular weight is 222 g/mol. The van der Waals surface area contributed by atoms with Crippen LogP contribution in [0.25, 0.3) is 0 Å². The third-order valence-corrected chi connectivity index (χ3v) is 2.23. The van der Waals surface area contributed by atoms with E-state index in [1.54, 1.807) is 4.90 Å². The van der Waals surface area contributed by atoms with Crippen LogP contribution in [-0.4, -0.2) is 46.6 Å². The fraction of sp³-hybridized carbons (Fsp3) is 0.333. The van der Waals surface area contributed by atoms with E-state index < -0.39 is 5.97 Å². The molecule has 7 nitrogen and oxygen atoms in total. The zero-order valence-corrected chi connectivity index (χ0v) is 8.38. The van der Waals surface area contributed by atoms with Gasteiger partial charge in [-0.1, -0.05) is 0 Å². The van der Waals surface area contributed by atoms with Crippen molar-refractivity contribution in [3.05, 3.63) is 18.1 Å². The second-order valence-electron chi connectivity index (χ2n) is 3.34. The van der Waals surface area contributed by atoms with Gasteiger partial charge in [0, 0.05) is 19.2 Å². The van der Waals surface area contributed by atoms with Crippen molar-refractivity contribution in [2.24, 2.45) is 0 Å². The topological polar surface area (TPSA) is 95.4 Å². The van der Waals surface area contributed by atoms with Crippen LogP contribution in [0.1, 0.15) is 10.5 Å². The van der Waals surface area contributed by atoms with E-state index in [4.69, 9.17) is 5.11 Å². The van der Waals surface area contributed by atoms with Crippen molar-refractivity contribution in [3.8, 4) is 0 Å². The third-order valence-electron chi connectivity index (χ3n) is 2.23. The first-order chi connectivity index (χ1) is 7.66. The standard InChI is InChI=1S/C9H10N4O3/c14-8-4-13(2-1-10-8)7-3-6(9(15)16)11-5-12-7/h3,5H,1-2,4H2,(H,10,14)(H,15,16). The van der Waals surface area contributed by atoms with Gasteiger partial charge in [-0.15, -0.1) is 0 Å². The number of aromatic carboxylic acids is 1. The van der Waals surface area contributed by atoms with Crippen molar-refractivity contribution >= 4 is 17.7 Å². The van der Waals surface area contributed by atoms with Gasteiger partial charge in [0.05, 0.1) is 6.54 Å². The van der Waals surface area contributed by atoms with Crippen molar-refractivity contribution in [3.63, 3.8) is 0 Å². The number of aromatic nitrogens is 2. The van der Waals surface area contributed by atoms with Gasteiger partial charge < -0.3 is 15.3 Å². The predicted molar refractivity (Wildman–Crippen MR) is 54.2 cm³/mol. The minimum atomic E-state index is -1.11. The summed E-state index contributed by atoms with van der Waals surface area (Å²) in [6.45, 7) is 1.34. The molecule has 0 unspecified atom stereocenters. The molecule has 1 saturated heterocycles. The van der Waals surface area contributed by atoms with E-state index in [9.17, 15) is 9.59 Å². The molecular formula is C9H10N4O3. The molecule has 1 aliphatic heterocycles. The first-order valence-electron chi connectivity index (χ1n) is 4.74. The van der Waals surface area contributed by atoms with Crippen LogP contribution in [0.3, 0.4) is 0 Å². The highest BCUT2D eigenvalue weighted by Crippen LogP contribution is 2.11. The van der Waals surface area contributed by atoms with E-state index in [0.717, 1.165) is 0 Å². The number of carbonyl (C=O) groups is 2. The SMILES string of the molecule is O=C1CN(c2cc(C(=O)O)ncn2)CCN1. The largest absolute Gasteiger partial charge is 0.477 e. The van der Waals surface area contributed by atoms with Crippen molar-refractivity contribution in [1.29, 1.82) is 0 Å². The molecule has 1 aliphatic rings. The van der Waals surface area contributed by atoms with E-state index in [1.165, 1.54) is 12.4 Å². The van der Waals surface area contributed by atoms with E-state index in [-0.39, 0.29) is 18.1 Å². The number of piperazine rings is 1. The Balaban J connectivity index is 2.22. The predicted octanol–water partition coefficient (Wildman–Crippen LogP) is -0.889.